The number of ether oxygens (including phenoxy) is 5. The standard InChI is InChI=1S/C37H41ClN5O11P/c1-21(2)52-35(45)22(3)43-55(48,20-49-4)54-25-10-6-23(7-11-25)19-51-37(47)42-34(44)28-17-27-31(18-33(28)50-5)39-15-14-32(27)53-26-12-13-30(29(38)16-26)41-36(46)40-24-8-9-24/h6-7,10-18,21-22,24H,8-9,19-20H2,1-5H3,(H,43,48)(H2,40,41,46)(H,42,44,47)/t22-,55?/m0/s1. The molecule has 292 valence electrons. The molecule has 0 radical (unpaired) electrons. The maximum atomic E-state index is 13.4. The van der Waals surface area contributed by atoms with Gasteiger partial charge in [0.2, 0.25) is 0 Å². The maximum Gasteiger partial charge on any atom is 0.414 e. The number of hydrogen-bond donors (Lipinski definition) is 4. The molecule has 1 fully saturated rings. The highest BCUT2D eigenvalue weighted by atomic mass is 35.5. The van der Waals surface area contributed by atoms with Crippen LogP contribution in [0.5, 0.6) is 23.0 Å². The Morgan fingerprint density at radius 3 is 2.33 bits per heavy atom. The molecule has 1 saturated carbocycles. The van der Waals surface area contributed by atoms with E-state index in [1.165, 1.54) is 51.6 Å². The Morgan fingerprint density at radius 2 is 1.67 bits per heavy atom. The van der Waals surface area contributed by atoms with E-state index in [9.17, 15) is 23.7 Å². The number of urea groups is 1. The second kappa shape index (κ2) is 18.3. The largest absolute Gasteiger partial charge is 0.496 e. The molecule has 0 spiro atoms. The quantitative estimate of drug-likeness (QED) is 0.0659. The van der Waals surface area contributed by atoms with Crippen LogP contribution in [0.2, 0.25) is 5.02 Å². The molecule has 2 atom stereocenters. The molecule has 1 aliphatic carbocycles. The fourth-order valence-corrected chi connectivity index (χ4v) is 6.94. The lowest BCUT2D eigenvalue weighted by Gasteiger charge is -2.23. The summed E-state index contributed by atoms with van der Waals surface area (Å²) in [5, 5.41) is 11.1. The number of nitrogens with zero attached hydrogens (tertiary/aromatic N) is 1. The molecule has 4 amide bonds. The zero-order chi connectivity index (χ0) is 39.7. The van der Waals surface area contributed by atoms with Crippen molar-refractivity contribution in [1.29, 1.82) is 0 Å². The lowest BCUT2D eigenvalue weighted by Crippen LogP contribution is -2.36. The Hall–Kier alpha value is -5.41. The van der Waals surface area contributed by atoms with Gasteiger partial charge in [0.05, 0.1) is 35.0 Å². The van der Waals surface area contributed by atoms with Crippen molar-refractivity contribution in [1.82, 2.24) is 20.7 Å². The first-order valence-corrected chi connectivity index (χ1v) is 19.3. The number of benzene rings is 3. The summed E-state index contributed by atoms with van der Waals surface area (Å²) in [7, 11) is -0.966. The van der Waals surface area contributed by atoms with E-state index in [1.54, 1.807) is 50.2 Å². The molecule has 1 aromatic heterocycles. The Balaban J connectivity index is 1.20. The number of carbonyl (C=O) groups excluding carboxylic acids is 4. The van der Waals surface area contributed by atoms with Gasteiger partial charge in [-0.2, -0.15) is 0 Å². The zero-order valence-corrected chi connectivity index (χ0v) is 32.3. The number of pyridine rings is 1. The summed E-state index contributed by atoms with van der Waals surface area (Å²) in [5.74, 6) is -0.368. The lowest BCUT2D eigenvalue weighted by molar-refractivity contribution is -0.149. The molecule has 0 saturated heterocycles. The smallest absolute Gasteiger partial charge is 0.414 e. The van der Waals surface area contributed by atoms with E-state index in [4.69, 9.17) is 39.8 Å². The minimum atomic E-state index is -3.69. The summed E-state index contributed by atoms with van der Waals surface area (Å²) in [6, 6.07) is 14.4. The van der Waals surface area contributed by atoms with Crippen LogP contribution in [-0.2, 0) is 30.2 Å². The molecule has 4 aromatic rings. The van der Waals surface area contributed by atoms with E-state index in [0.717, 1.165) is 12.8 Å². The number of carbonyl (C=O) groups is 4. The van der Waals surface area contributed by atoms with Gasteiger partial charge in [-0.15, -0.1) is 0 Å². The van der Waals surface area contributed by atoms with Crippen LogP contribution in [-0.4, -0.2) is 67.7 Å². The van der Waals surface area contributed by atoms with Crippen molar-refractivity contribution in [3.8, 4) is 23.0 Å². The highest BCUT2D eigenvalue weighted by Gasteiger charge is 2.31. The number of anilines is 1. The van der Waals surface area contributed by atoms with Gasteiger partial charge in [0.25, 0.3) is 5.91 Å². The van der Waals surface area contributed by atoms with Gasteiger partial charge < -0.3 is 38.8 Å². The molecule has 55 heavy (non-hydrogen) atoms. The molecular formula is C37H41ClN5O11P. The molecular weight excluding hydrogens is 757 g/mol. The molecule has 3 aromatic carbocycles. The second-order valence-corrected chi connectivity index (χ2v) is 15.1. The van der Waals surface area contributed by atoms with Crippen LogP contribution < -0.4 is 35.0 Å². The summed E-state index contributed by atoms with van der Waals surface area (Å²) < 4.78 is 46.1. The first-order chi connectivity index (χ1) is 26.2. The van der Waals surface area contributed by atoms with E-state index in [-0.39, 0.29) is 53.2 Å². The molecule has 1 unspecified atom stereocenters. The average Bonchev–Trinajstić information content (AvgIpc) is 3.95. The Morgan fingerprint density at radius 1 is 0.945 bits per heavy atom. The van der Waals surface area contributed by atoms with Gasteiger partial charge in [0, 0.05) is 36.9 Å². The summed E-state index contributed by atoms with van der Waals surface area (Å²) in [5.41, 5.74) is 1.38. The molecule has 0 aliphatic heterocycles. The van der Waals surface area contributed by atoms with Crippen LogP contribution >= 0.6 is 19.1 Å². The predicted molar refractivity (Wildman–Crippen MR) is 203 cm³/mol. The minimum absolute atomic E-state index is 0.00596. The summed E-state index contributed by atoms with van der Waals surface area (Å²) in [4.78, 5) is 54.8. The van der Waals surface area contributed by atoms with Crippen molar-refractivity contribution in [3.63, 3.8) is 0 Å². The minimum Gasteiger partial charge on any atom is -0.496 e. The molecule has 1 aliphatic rings. The molecule has 0 bridgehead atoms. The van der Waals surface area contributed by atoms with Gasteiger partial charge in [-0.3, -0.25) is 24.5 Å². The summed E-state index contributed by atoms with van der Waals surface area (Å²) in [6.45, 7) is 4.69. The van der Waals surface area contributed by atoms with Crippen LogP contribution in [0.1, 0.15) is 49.5 Å². The van der Waals surface area contributed by atoms with Gasteiger partial charge >= 0.3 is 25.6 Å². The van der Waals surface area contributed by atoms with Crippen molar-refractivity contribution in [2.45, 2.75) is 58.4 Å². The highest BCUT2D eigenvalue weighted by Crippen LogP contribution is 2.43. The number of hydrogen-bond acceptors (Lipinski definition) is 12. The maximum absolute atomic E-state index is 13.4. The number of imide groups is 1. The molecule has 18 heteroatoms. The molecule has 1 heterocycles. The van der Waals surface area contributed by atoms with Crippen molar-refractivity contribution in [2.75, 3.05) is 25.9 Å². The summed E-state index contributed by atoms with van der Waals surface area (Å²) >= 11 is 6.42. The Bertz CT molecular complexity index is 2100. The highest BCUT2D eigenvalue weighted by molar-refractivity contribution is 7.57. The van der Waals surface area contributed by atoms with Crippen molar-refractivity contribution in [2.24, 2.45) is 0 Å². The molecule has 4 N–H and O–H groups in total. The van der Waals surface area contributed by atoms with Crippen molar-refractivity contribution >= 4 is 59.7 Å². The van der Waals surface area contributed by atoms with E-state index in [1.807, 2.05) is 0 Å². The number of esters is 1. The SMILES string of the molecule is COCP(=O)(N[C@@H](C)C(=O)OC(C)C)Oc1ccc(COC(=O)NC(=O)c2cc3c(Oc4ccc(NC(=O)NC5CC5)c(Cl)c4)ccnc3cc2OC)cc1. The third-order valence-corrected chi connectivity index (χ3v) is 9.95. The van der Waals surface area contributed by atoms with Crippen LogP contribution in [0.15, 0.2) is 66.9 Å². The van der Waals surface area contributed by atoms with E-state index < -0.39 is 31.5 Å². The van der Waals surface area contributed by atoms with Gasteiger partial charge in [-0.1, -0.05) is 23.7 Å². The zero-order valence-electron chi connectivity index (χ0n) is 30.7. The normalized spacial score (nSPS) is 13.9. The number of alkyl carbamates (subject to hydrolysis) is 1. The number of methoxy groups -OCH3 is 2. The van der Waals surface area contributed by atoms with E-state index in [0.29, 0.717) is 33.7 Å². The second-order valence-electron chi connectivity index (χ2n) is 12.7. The van der Waals surface area contributed by atoms with Crippen LogP contribution in [0.4, 0.5) is 15.3 Å². The van der Waals surface area contributed by atoms with Crippen LogP contribution in [0.25, 0.3) is 10.9 Å². The Kier molecular flexibility index (Phi) is 13.5. The number of halogens is 1. The summed E-state index contributed by atoms with van der Waals surface area (Å²) in [6.07, 6.45) is 1.72. The first kappa shape index (κ1) is 40.8. The van der Waals surface area contributed by atoms with Gasteiger partial charge in [-0.05, 0) is 75.6 Å². The Labute approximate surface area is 322 Å². The topological polar surface area (TPSA) is 202 Å². The van der Waals surface area contributed by atoms with E-state index >= 15 is 0 Å². The molecule has 5 rings (SSSR count). The number of fused-ring (bicyclic) bond motifs is 1. The van der Waals surface area contributed by atoms with Crippen LogP contribution in [0.3, 0.4) is 0 Å². The monoisotopic (exact) mass is 797 g/mol. The van der Waals surface area contributed by atoms with Gasteiger partial charge in [-0.25, -0.2) is 14.7 Å². The number of amides is 4. The number of aromatic nitrogens is 1. The fraction of sp³-hybridized carbons (Fsp3) is 0.324. The number of nitrogens with one attached hydrogen (secondary N) is 4. The molecule has 16 nitrogen and oxygen atoms in total. The third kappa shape index (κ3) is 11.5. The predicted octanol–water partition coefficient (Wildman–Crippen LogP) is 7.15. The van der Waals surface area contributed by atoms with Gasteiger partial charge in [0.1, 0.15) is 42.0 Å². The first-order valence-electron chi connectivity index (χ1n) is 17.1. The van der Waals surface area contributed by atoms with Crippen molar-refractivity contribution in [3.05, 3.63) is 83.0 Å². The van der Waals surface area contributed by atoms with Crippen molar-refractivity contribution < 1.29 is 52.0 Å². The third-order valence-electron chi connectivity index (χ3n) is 7.75. The lowest BCUT2D eigenvalue weighted by atomic mass is 10.1. The fourth-order valence-electron chi connectivity index (χ4n) is 5.05. The number of rotatable bonds is 16. The van der Waals surface area contributed by atoms with E-state index in [2.05, 4.69) is 26.0 Å². The van der Waals surface area contributed by atoms with Crippen LogP contribution in [0, 0.1) is 0 Å². The van der Waals surface area contributed by atoms with Gasteiger partial charge in [0.15, 0.2) is 0 Å². The average molecular weight is 798 g/mol.